The van der Waals surface area contributed by atoms with Gasteiger partial charge in [-0.15, -0.1) is 0 Å². The number of carbonyl (C=O) groups excluding carboxylic acids is 1. The molecule has 4 aliphatic rings. The summed E-state index contributed by atoms with van der Waals surface area (Å²) in [6.07, 6.45) is 27.6. The largest absolute Gasteiger partial charge is 0.369 e. The molecule has 2 fully saturated rings. The number of carbonyl (C=O) groups is 1. The van der Waals surface area contributed by atoms with Gasteiger partial charge in [0, 0.05) is 19.6 Å². The number of hydrogen-bond donors (Lipinski definition) is 1. The van der Waals surface area contributed by atoms with Crippen molar-refractivity contribution in [1.29, 1.82) is 0 Å². The van der Waals surface area contributed by atoms with Gasteiger partial charge in [-0.2, -0.15) is 0 Å². The zero-order chi connectivity index (χ0) is 20.8. The summed E-state index contributed by atoms with van der Waals surface area (Å²) in [6, 6.07) is 0. The third-order valence-corrected chi connectivity index (χ3v) is 8.44. The van der Waals surface area contributed by atoms with Crippen molar-refractivity contribution >= 4 is 5.91 Å². The lowest BCUT2D eigenvalue weighted by Crippen LogP contribution is -2.31. The third-order valence-electron chi connectivity index (χ3n) is 8.44. The number of allylic oxidation sites excluding steroid dienone is 5. The van der Waals surface area contributed by atoms with Gasteiger partial charge in [0.05, 0.1) is 5.92 Å². The molecular formula is C27H42N2O. The van der Waals surface area contributed by atoms with Crippen LogP contribution in [0.2, 0.25) is 0 Å². The van der Waals surface area contributed by atoms with Crippen molar-refractivity contribution in [3.8, 4) is 0 Å². The predicted octanol–water partition coefficient (Wildman–Crippen LogP) is 5.63. The van der Waals surface area contributed by atoms with Crippen molar-refractivity contribution in [1.82, 2.24) is 4.90 Å². The van der Waals surface area contributed by atoms with Crippen LogP contribution in [-0.4, -0.2) is 30.4 Å². The van der Waals surface area contributed by atoms with Gasteiger partial charge in [-0.25, -0.2) is 0 Å². The number of amides is 1. The minimum atomic E-state index is -0.0841. The second kappa shape index (κ2) is 10.8. The van der Waals surface area contributed by atoms with Crippen LogP contribution in [0.4, 0.5) is 0 Å². The first kappa shape index (κ1) is 21.9. The summed E-state index contributed by atoms with van der Waals surface area (Å²) >= 11 is 0. The molecule has 166 valence electrons. The molecule has 4 rings (SSSR count). The fourth-order valence-corrected chi connectivity index (χ4v) is 6.67. The van der Waals surface area contributed by atoms with E-state index in [-0.39, 0.29) is 11.8 Å². The highest BCUT2D eigenvalue weighted by Crippen LogP contribution is 2.39. The van der Waals surface area contributed by atoms with E-state index in [1.165, 1.54) is 64.2 Å². The van der Waals surface area contributed by atoms with E-state index in [2.05, 4.69) is 35.3 Å². The van der Waals surface area contributed by atoms with Gasteiger partial charge in [0.25, 0.3) is 0 Å². The fourth-order valence-electron chi connectivity index (χ4n) is 6.67. The molecule has 0 radical (unpaired) electrons. The van der Waals surface area contributed by atoms with Gasteiger partial charge in [0.2, 0.25) is 5.91 Å². The molecule has 0 aromatic carbocycles. The van der Waals surface area contributed by atoms with E-state index in [1.54, 1.807) is 5.57 Å². The monoisotopic (exact) mass is 410 g/mol. The van der Waals surface area contributed by atoms with Gasteiger partial charge in [-0.05, 0) is 55.8 Å². The molecule has 2 bridgehead atoms. The maximum absolute atomic E-state index is 12.1. The van der Waals surface area contributed by atoms with Gasteiger partial charge in [0.1, 0.15) is 0 Å². The summed E-state index contributed by atoms with van der Waals surface area (Å²) in [6.45, 7) is 2.90. The summed E-state index contributed by atoms with van der Waals surface area (Å²) in [5.74, 6) is 2.97. The molecule has 0 spiro atoms. The molecule has 0 aromatic rings. The molecule has 6 unspecified atom stereocenters. The molecule has 30 heavy (non-hydrogen) atoms. The molecule has 1 saturated heterocycles. The van der Waals surface area contributed by atoms with Gasteiger partial charge in [-0.1, -0.05) is 80.9 Å². The minimum absolute atomic E-state index is 0.0457. The van der Waals surface area contributed by atoms with Gasteiger partial charge < -0.3 is 5.73 Å². The van der Waals surface area contributed by atoms with Gasteiger partial charge in [0.15, 0.2) is 0 Å². The number of primary amides is 1. The number of nitrogens with zero attached hydrogens (tertiary/aromatic N) is 1. The van der Waals surface area contributed by atoms with Crippen LogP contribution < -0.4 is 5.73 Å². The number of fused-ring (bicyclic) bond motifs is 4. The van der Waals surface area contributed by atoms with Gasteiger partial charge >= 0.3 is 0 Å². The SMILES string of the molecule is NC(=O)C1CN2CC3=CC=CCC3C/C=C\CCC3CCCC3CCCCCC1C2. The Bertz CT molecular complexity index is 664. The fraction of sp³-hybridized carbons (Fsp3) is 0.741. The Kier molecular flexibility index (Phi) is 7.87. The maximum atomic E-state index is 12.1. The molecule has 2 aliphatic heterocycles. The summed E-state index contributed by atoms with van der Waals surface area (Å²) in [7, 11) is 0. The Balaban J connectivity index is 1.44. The molecular weight excluding hydrogens is 368 g/mol. The predicted molar refractivity (Wildman–Crippen MR) is 125 cm³/mol. The molecule has 2 heterocycles. The average molecular weight is 411 g/mol. The lowest BCUT2D eigenvalue weighted by molar-refractivity contribution is -0.122. The lowest BCUT2D eigenvalue weighted by atomic mass is 9.86. The summed E-state index contributed by atoms with van der Waals surface area (Å²) in [5, 5.41) is 0. The summed E-state index contributed by atoms with van der Waals surface area (Å²) in [4.78, 5) is 14.6. The standard InChI is InChI=1S/C27H42N2O/c28-27(30)26-20-29-18-24-14-8-7-13-23(24)12-5-1-3-10-21-16-9-17-22(21)11-4-2-6-15-25(26)19-29/h1,5,7-8,14,21-23,25-26H,2-4,6,9-13,15-20H2,(H2,28,30)/b5-1-. The van der Waals surface area contributed by atoms with E-state index in [1.807, 2.05) is 0 Å². The van der Waals surface area contributed by atoms with Crippen LogP contribution in [0.5, 0.6) is 0 Å². The highest BCUT2D eigenvalue weighted by molar-refractivity contribution is 5.77. The highest BCUT2D eigenvalue weighted by Gasteiger charge is 2.36. The van der Waals surface area contributed by atoms with Crippen LogP contribution in [0.1, 0.15) is 77.0 Å². The zero-order valence-corrected chi connectivity index (χ0v) is 18.8. The van der Waals surface area contributed by atoms with E-state index >= 15 is 0 Å². The number of hydrogen-bond acceptors (Lipinski definition) is 2. The average Bonchev–Trinajstić information content (AvgIpc) is 3.35. The van der Waals surface area contributed by atoms with Crippen molar-refractivity contribution < 1.29 is 4.79 Å². The molecule has 6 atom stereocenters. The molecule has 3 heteroatoms. The second-order valence-corrected chi connectivity index (χ2v) is 10.4. The maximum Gasteiger partial charge on any atom is 0.222 e. The molecule has 1 amide bonds. The first-order valence-corrected chi connectivity index (χ1v) is 12.7. The van der Waals surface area contributed by atoms with Crippen LogP contribution in [0, 0.1) is 29.6 Å². The van der Waals surface area contributed by atoms with Crippen molar-refractivity contribution in [3.63, 3.8) is 0 Å². The van der Waals surface area contributed by atoms with E-state index in [0.717, 1.165) is 44.3 Å². The quantitative estimate of drug-likeness (QED) is 0.570. The van der Waals surface area contributed by atoms with Crippen LogP contribution in [0.15, 0.2) is 36.0 Å². The van der Waals surface area contributed by atoms with Crippen LogP contribution in [0.25, 0.3) is 0 Å². The van der Waals surface area contributed by atoms with Gasteiger partial charge in [-0.3, -0.25) is 9.69 Å². The molecule has 1 saturated carbocycles. The van der Waals surface area contributed by atoms with E-state index < -0.39 is 0 Å². The third kappa shape index (κ3) is 5.66. The molecule has 2 aliphatic carbocycles. The highest BCUT2D eigenvalue weighted by atomic mass is 16.1. The molecule has 0 aromatic heterocycles. The summed E-state index contributed by atoms with van der Waals surface area (Å²) in [5.41, 5.74) is 7.36. The van der Waals surface area contributed by atoms with E-state index in [4.69, 9.17) is 5.73 Å². The van der Waals surface area contributed by atoms with Crippen molar-refractivity contribution in [2.24, 2.45) is 35.3 Å². The Hall–Kier alpha value is -1.35. The van der Waals surface area contributed by atoms with E-state index in [9.17, 15) is 4.79 Å². The van der Waals surface area contributed by atoms with E-state index in [0.29, 0.717) is 11.8 Å². The van der Waals surface area contributed by atoms with Crippen LogP contribution in [0.3, 0.4) is 0 Å². The van der Waals surface area contributed by atoms with Crippen LogP contribution in [-0.2, 0) is 4.79 Å². The second-order valence-electron chi connectivity index (χ2n) is 10.4. The molecule has 3 nitrogen and oxygen atoms in total. The zero-order valence-electron chi connectivity index (χ0n) is 18.8. The Labute approximate surface area is 183 Å². The Morgan fingerprint density at radius 2 is 1.57 bits per heavy atom. The van der Waals surface area contributed by atoms with Crippen LogP contribution >= 0.6 is 0 Å². The topological polar surface area (TPSA) is 46.3 Å². The van der Waals surface area contributed by atoms with Crippen molar-refractivity contribution in [2.75, 3.05) is 19.6 Å². The smallest absolute Gasteiger partial charge is 0.222 e. The van der Waals surface area contributed by atoms with Crippen molar-refractivity contribution in [2.45, 2.75) is 77.0 Å². The number of nitrogens with two attached hydrogens (primary N) is 1. The normalized spacial score (nSPS) is 39.3. The first-order chi connectivity index (χ1) is 14.7. The summed E-state index contributed by atoms with van der Waals surface area (Å²) < 4.78 is 0. The number of rotatable bonds is 1. The Morgan fingerprint density at radius 3 is 2.40 bits per heavy atom. The minimum Gasteiger partial charge on any atom is -0.369 e. The molecule has 2 N–H and O–H groups in total. The lowest BCUT2D eigenvalue weighted by Gasteiger charge is -2.25. The Morgan fingerprint density at radius 1 is 0.833 bits per heavy atom. The first-order valence-electron chi connectivity index (χ1n) is 12.7. The van der Waals surface area contributed by atoms with Crippen molar-refractivity contribution in [3.05, 3.63) is 36.0 Å².